The van der Waals surface area contributed by atoms with Gasteiger partial charge in [-0.15, -0.1) is 0 Å². The van der Waals surface area contributed by atoms with Crippen LogP contribution in [0.4, 0.5) is 37.7 Å². The molecule has 32 heteroatoms. The Kier molecular flexibility index (Phi) is 15.0. The average molecular weight is 981 g/mol. The molecule has 0 spiro atoms. The molecular weight excluding hydrogens is 950 g/mol. The number of rotatable bonds is 18. The van der Waals surface area contributed by atoms with Crippen LogP contribution < -0.4 is 18.9 Å². The number of hydrogen-bond donors (Lipinski definition) is 0. The molecule has 2 amide bonds. The minimum atomic E-state index is -6.27. The fourth-order valence-corrected chi connectivity index (χ4v) is 6.69. The molecule has 1 unspecified atom stereocenters. The van der Waals surface area contributed by atoms with Gasteiger partial charge >= 0.3 is 43.2 Å². The Balaban J connectivity index is 1.54. The number of ether oxygens (including phenoxy) is 6. The zero-order valence-corrected chi connectivity index (χ0v) is 34.8. The van der Waals surface area contributed by atoms with Crippen molar-refractivity contribution in [1.29, 1.82) is 0 Å². The van der Waals surface area contributed by atoms with E-state index in [1.807, 2.05) is 0 Å². The van der Waals surface area contributed by atoms with Gasteiger partial charge in [0.2, 0.25) is 0 Å². The number of hydrogen-bond acceptors (Lipinski definition) is 20. The van der Waals surface area contributed by atoms with E-state index in [1.54, 1.807) is 0 Å². The average Bonchev–Trinajstić information content (AvgIpc) is 3.84. The molecule has 2 atom stereocenters. The highest BCUT2D eigenvalue weighted by atomic mass is 32.2. The Morgan fingerprint density at radius 2 is 0.969 bits per heavy atom. The van der Waals surface area contributed by atoms with E-state index < -0.39 is 124 Å². The van der Waals surface area contributed by atoms with E-state index in [2.05, 4.69) is 17.8 Å². The molecule has 0 bridgehead atoms. The van der Waals surface area contributed by atoms with Crippen molar-refractivity contribution in [3.8, 4) is 23.0 Å². The zero-order valence-electron chi connectivity index (χ0n) is 33.2. The first-order valence-electron chi connectivity index (χ1n) is 17.3. The van der Waals surface area contributed by atoms with Crippen molar-refractivity contribution >= 4 is 55.4 Å². The summed E-state index contributed by atoms with van der Waals surface area (Å²) in [5, 5.41) is 24.2. The number of nitrogens with zero attached hydrogens (tertiary/aromatic N) is 4. The molecule has 0 saturated carbocycles. The normalized spacial score (nSPS) is 16.5. The molecule has 4 rings (SSSR count). The van der Waals surface area contributed by atoms with Crippen LogP contribution >= 0.6 is 0 Å². The van der Waals surface area contributed by atoms with Crippen LogP contribution in [0.2, 0.25) is 0 Å². The fraction of sp³-hybridized carbons (Fsp3) is 0.394. The largest absolute Gasteiger partial charge is 0.534 e. The molecule has 0 fully saturated rings. The Morgan fingerprint density at radius 3 is 1.25 bits per heavy atom. The van der Waals surface area contributed by atoms with Gasteiger partial charge in [-0.25, -0.2) is 9.59 Å². The van der Waals surface area contributed by atoms with Crippen molar-refractivity contribution in [3.63, 3.8) is 0 Å². The van der Waals surface area contributed by atoms with Gasteiger partial charge in [0.15, 0.2) is 23.0 Å². The third-order valence-electron chi connectivity index (χ3n) is 8.66. The molecule has 356 valence electrons. The molecule has 0 aromatic heterocycles. The van der Waals surface area contributed by atoms with Crippen LogP contribution in [0.25, 0.3) is 0 Å². The van der Waals surface area contributed by atoms with Gasteiger partial charge < -0.3 is 36.8 Å². The van der Waals surface area contributed by atoms with Gasteiger partial charge in [-0.05, 0) is 0 Å². The fourth-order valence-electron chi connectivity index (χ4n) is 5.72. The first-order valence-corrected chi connectivity index (χ1v) is 20.2. The van der Waals surface area contributed by atoms with E-state index >= 15 is 0 Å². The monoisotopic (exact) mass is 980 g/mol. The highest BCUT2D eigenvalue weighted by molar-refractivity contribution is 7.88. The lowest BCUT2D eigenvalue weighted by atomic mass is 10.1. The summed E-state index contributed by atoms with van der Waals surface area (Å²) in [6, 6.07) is -0.712. The van der Waals surface area contributed by atoms with Gasteiger partial charge in [-0.3, -0.25) is 39.6 Å². The van der Waals surface area contributed by atoms with Crippen molar-refractivity contribution in [2.45, 2.75) is 42.4 Å². The van der Waals surface area contributed by atoms with Crippen LogP contribution in [0.5, 0.6) is 23.0 Å². The zero-order chi connectivity index (χ0) is 49.0. The van der Waals surface area contributed by atoms with Gasteiger partial charge in [0.25, 0.3) is 23.2 Å². The number of alkyl halides is 6. The number of carbonyl (C=O) groups is 4. The minimum absolute atomic E-state index is 0.138. The topological polar surface area (TPSA) is 303 Å². The van der Waals surface area contributed by atoms with Crippen LogP contribution in [0.3, 0.4) is 0 Å². The summed E-state index contributed by atoms with van der Waals surface area (Å²) in [6.07, 6.45) is -1.19. The molecule has 2 aromatic rings. The maximum absolute atomic E-state index is 13.6. The van der Waals surface area contributed by atoms with E-state index in [0.29, 0.717) is 34.3 Å². The van der Waals surface area contributed by atoms with E-state index in [1.165, 1.54) is 0 Å². The molecule has 24 nitrogen and oxygen atoms in total. The number of amides is 2. The predicted octanol–water partition coefficient (Wildman–Crippen LogP) is 3.56. The van der Waals surface area contributed by atoms with Crippen molar-refractivity contribution in [2.24, 2.45) is 0 Å². The summed E-state index contributed by atoms with van der Waals surface area (Å²) >= 11 is 0. The number of nitro groups is 2. The molecule has 2 heterocycles. The Morgan fingerprint density at radius 1 is 0.631 bits per heavy atom. The summed E-state index contributed by atoms with van der Waals surface area (Å²) in [6.45, 7) is -0.750. The third-order valence-corrected chi connectivity index (χ3v) is 10.7. The molecule has 2 aliphatic rings. The van der Waals surface area contributed by atoms with Crippen LogP contribution in [0.15, 0.2) is 48.2 Å². The maximum atomic E-state index is 13.6. The number of carbonyl (C=O) groups excluding carboxylic acids is 4. The van der Waals surface area contributed by atoms with Gasteiger partial charge in [0.1, 0.15) is 34.7 Å². The number of esters is 2. The molecule has 0 N–H and O–H groups in total. The second-order valence-corrected chi connectivity index (χ2v) is 15.7. The van der Waals surface area contributed by atoms with Crippen LogP contribution in [-0.2, 0) is 47.7 Å². The van der Waals surface area contributed by atoms with Gasteiger partial charge in [0, 0.05) is 43.8 Å². The Bertz CT molecular complexity index is 2390. The number of methoxy groups -OCH3 is 4. The van der Waals surface area contributed by atoms with Gasteiger partial charge in [-0.1, -0.05) is 0 Å². The second kappa shape index (κ2) is 19.3. The number of halogens is 6. The van der Waals surface area contributed by atoms with E-state index in [9.17, 15) is 82.6 Å². The van der Waals surface area contributed by atoms with Gasteiger partial charge in [0.05, 0.1) is 63.6 Å². The lowest BCUT2D eigenvalue weighted by molar-refractivity contribution is -0.385. The first-order chi connectivity index (χ1) is 30.1. The smallest absolute Gasteiger partial charge is 0.493 e. The van der Waals surface area contributed by atoms with Crippen molar-refractivity contribution in [2.75, 3.05) is 41.7 Å². The van der Waals surface area contributed by atoms with Crippen LogP contribution in [-0.4, -0.2) is 125 Å². The van der Waals surface area contributed by atoms with Crippen molar-refractivity contribution in [3.05, 3.63) is 79.5 Å². The SMILES string of the molecule is COC(=O)C1CC(OS(=O)(=O)C(F)(F)F)=CN1C(=O)c1cc(OC)c(OCCCOc2cc([N+](=O)[O-])c(C(=O)N3C=C(OS(=O)(=O)C(F)(F)F)C[C@H]3C(=O)OC)cc2OC)cc1[N+](=O)[O-]. The van der Waals surface area contributed by atoms with Crippen molar-refractivity contribution < 1.29 is 109 Å². The van der Waals surface area contributed by atoms with Crippen molar-refractivity contribution in [1.82, 2.24) is 9.80 Å². The van der Waals surface area contributed by atoms with Gasteiger partial charge in [-0.2, -0.15) is 43.2 Å². The Labute approximate surface area is 360 Å². The summed E-state index contributed by atoms with van der Waals surface area (Å²) in [5.41, 5.74) is -15.5. The highest BCUT2D eigenvalue weighted by Crippen LogP contribution is 2.40. The quantitative estimate of drug-likeness (QED) is 0.0392. The molecule has 0 radical (unpaired) electrons. The maximum Gasteiger partial charge on any atom is 0.534 e. The summed E-state index contributed by atoms with van der Waals surface area (Å²) < 4.78 is 163. The molecular formula is C33H30F6N4O20S2. The highest BCUT2D eigenvalue weighted by Gasteiger charge is 2.52. The number of benzene rings is 2. The van der Waals surface area contributed by atoms with E-state index in [4.69, 9.17) is 18.9 Å². The molecule has 0 saturated heterocycles. The lowest BCUT2D eigenvalue weighted by Crippen LogP contribution is -2.39. The molecule has 2 aliphatic heterocycles. The van der Waals surface area contributed by atoms with Crippen LogP contribution in [0, 0.1) is 20.2 Å². The lowest BCUT2D eigenvalue weighted by Gasteiger charge is -2.21. The first kappa shape index (κ1) is 50.5. The molecule has 65 heavy (non-hydrogen) atoms. The van der Waals surface area contributed by atoms with E-state index in [0.717, 1.165) is 40.6 Å². The second-order valence-electron chi connectivity index (χ2n) is 12.7. The summed E-state index contributed by atoms with van der Waals surface area (Å²) in [5.74, 6) is -8.90. The van der Waals surface area contributed by atoms with E-state index in [-0.39, 0.29) is 42.6 Å². The summed E-state index contributed by atoms with van der Waals surface area (Å²) in [7, 11) is -8.78. The predicted molar refractivity (Wildman–Crippen MR) is 196 cm³/mol. The molecule has 2 aromatic carbocycles. The Hall–Kier alpha value is -7.12. The van der Waals surface area contributed by atoms with Crippen LogP contribution in [0.1, 0.15) is 40.0 Å². The standard InChI is InChI=1S/C33H30F6N4O20S2/c1-56-24-10-18(28(44)40-14-16(8-22(40)30(46)58-3)62-64(52,53)32(34,35)36)20(42(48)49)12-26(24)60-6-5-7-61-27-13-21(43(50)51)19(11-25(27)57-2)29(45)41-15-17(9-23(41)31(47)59-4)63-65(54,55)33(37,38)39/h10-15,22-23H,5-9H2,1-4H3/t22-,23?/m0/s1. The molecule has 0 aliphatic carbocycles. The minimum Gasteiger partial charge on any atom is -0.493 e. The third kappa shape index (κ3) is 11.0. The summed E-state index contributed by atoms with van der Waals surface area (Å²) in [4.78, 5) is 74.8. The number of nitro benzene ring substituents is 2.